The van der Waals surface area contributed by atoms with Gasteiger partial charge in [0.05, 0.1) is 13.2 Å². The Morgan fingerprint density at radius 3 is 2.80 bits per heavy atom. The molecule has 0 aromatic heterocycles. The van der Waals surface area contributed by atoms with Crippen molar-refractivity contribution in [3.63, 3.8) is 0 Å². The van der Waals surface area contributed by atoms with Gasteiger partial charge in [-0.05, 0) is 0 Å². The summed E-state index contributed by atoms with van der Waals surface area (Å²) in [5.74, 6) is -0.761. The third kappa shape index (κ3) is 5.20. The van der Waals surface area contributed by atoms with Gasteiger partial charge < -0.3 is 14.6 Å². The fourth-order valence-corrected chi connectivity index (χ4v) is 0.308. The molecule has 1 N–H and O–H groups in total. The first-order chi connectivity index (χ1) is 4.81. The van der Waals surface area contributed by atoms with Crippen molar-refractivity contribution >= 4 is 12.4 Å². The van der Waals surface area contributed by atoms with E-state index in [2.05, 4.69) is 9.47 Å². The first-order valence-corrected chi connectivity index (χ1v) is 2.63. The van der Waals surface area contributed by atoms with Crippen LogP contribution in [0.3, 0.4) is 0 Å². The molecule has 5 nitrogen and oxygen atoms in total. The molecule has 0 saturated carbocycles. The van der Waals surface area contributed by atoms with Crippen molar-refractivity contribution in [1.82, 2.24) is 0 Å². The molecule has 0 fully saturated rings. The molecule has 10 heavy (non-hydrogen) atoms. The summed E-state index contributed by atoms with van der Waals surface area (Å²) in [6, 6.07) is 0. The lowest BCUT2D eigenvalue weighted by molar-refractivity contribution is -0.155. The molecule has 0 rings (SSSR count). The molecule has 0 aliphatic carbocycles. The van der Waals surface area contributed by atoms with E-state index in [9.17, 15) is 9.59 Å². The summed E-state index contributed by atoms with van der Waals surface area (Å²) >= 11 is 0. The lowest BCUT2D eigenvalue weighted by atomic mass is 10.7. The van der Waals surface area contributed by atoms with E-state index < -0.39 is 5.97 Å². The monoisotopic (exact) mass is 148 g/mol. The fraction of sp³-hybridized carbons (Fsp3) is 0.600. The number of hydrogen-bond donors (Lipinski definition) is 1. The molecule has 0 spiro atoms. The number of carbonyl (C=O) groups excluding carboxylic acids is 2. The lowest BCUT2D eigenvalue weighted by Crippen LogP contribution is -2.13. The maximum atomic E-state index is 10.3. The van der Waals surface area contributed by atoms with Crippen molar-refractivity contribution in [1.29, 1.82) is 0 Å². The summed E-state index contributed by atoms with van der Waals surface area (Å²) in [5.41, 5.74) is 0. The highest BCUT2D eigenvalue weighted by molar-refractivity contribution is 5.77. The third-order valence-electron chi connectivity index (χ3n) is 0.635. The van der Waals surface area contributed by atoms with Gasteiger partial charge in [-0.1, -0.05) is 0 Å². The largest absolute Gasteiger partial charge is 0.394 e. The summed E-state index contributed by atoms with van der Waals surface area (Å²) in [6.07, 6.45) is 0. The van der Waals surface area contributed by atoms with Gasteiger partial charge in [0.15, 0.2) is 0 Å². The second-order valence-corrected chi connectivity index (χ2v) is 1.36. The van der Waals surface area contributed by atoms with Crippen molar-refractivity contribution in [2.75, 3.05) is 19.8 Å². The molecular weight excluding hydrogens is 140 g/mol. The summed E-state index contributed by atoms with van der Waals surface area (Å²) in [6.45, 7) is -0.369. The molecule has 5 heteroatoms. The number of aliphatic hydroxyl groups is 1. The summed E-state index contributed by atoms with van der Waals surface area (Å²) < 4.78 is 8.38. The fourth-order valence-electron chi connectivity index (χ4n) is 0.308. The van der Waals surface area contributed by atoms with Gasteiger partial charge >= 0.3 is 12.4 Å². The molecule has 0 bridgehead atoms. The van der Waals surface area contributed by atoms with Crippen LogP contribution in [0, 0.1) is 0 Å². The minimum atomic E-state index is -0.761. The predicted molar refractivity (Wildman–Crippen MR) is 30.1 cm³/mol. The lowest BCUT2D eigenvalue weighted by Gasteiger charge is -1.97. The third-order valence-corrected chi connectivity index (χ3v) is 0.635. The Morgan fingerprint density at radius 1 is 1.60 bits per heavy atom. The Morgan fingerprint density at radius 2 is 2.30 bits per heavy atom. The number of carbonyl (C=O) groups is 2. The predicted octanol–water partition coefficient (Wildman–Crippen LogP) is -1.31. The molecule has 0 aliphatic rings. The second kappa shape index (κ2) is 6.18. The molecule has 58 valence electrons. The van der Waals surface area contributed by atoms with Crippen molar-refractivity contribution in [3.8, 4) is 0 Å². The van der Waals surface area contributed by atoms with Crippen molar-refractivity contribution in [2.24, 2.45) is 0 Å². The first kappa shape index (κ1) is 9.06. The number of rotatable bonds is 5. The van der Waals surface area contributed by atoms with E-state index in [0.717, 1.165) is 0 Å². The number of esters is 1. The van der Waals surface area contributed by atoms with Crippen LogP contribution in [0.15, 0.2) is 0 Å². The van der Waals surface area contributed by atoms with Crippen LogP contribution in [0.5, 0.6) is 0 Å². The van der Waals surface area contributed by atoms with Crippen LogP contribution in [0.1, 0.15) is 0 Å². The zero-order valence-electron chi connectivity index (χ0n) is 5.28. The molecule has 0 aromatic carbocycles. The van der Waals surface area contributed by atoms with E-state index in [1.165, 1.54) is 0 Å². The summed E-state index contributed by atoms with van der Waals surface area (Å²) in [5, 5.41) is 8.16. The molecular formula is C5H8O5. The van der Waals surface area contributed by atoms with Gasteiger partial charge in [-0.15, -0.1) is 0 Å². The Hall–Kier alpha value is -0.940. The number of hydrogen-bond acceptors (Lipinski definition) is 5. The van der Waals surface area contributed by atoms with Crippen LogP contribution in [0.2, 0.25) is 0 Å². The first-order valence-electron chi connectivity index (χ1n) is 2.63. The van der Waals surface area contributed by atoms with Gasteiger partial charge in [-0.2, -0.15) is 0 Å². The quantitative estimate of drug-likeness (QED) is 0.227. The van der Waals surface area contributed by atoms with E-state index in [0.29, 0.717) is 0 Å². The standard InChI is InChI=1S/C5H8O5/c6-1-2-9-3-5(8)10-4-7/h4,6H,1-3H2. The Labute approximate surface area is 57.5 Å². The van der Waals surface area contributed by atoms with Crippen LogP contribution in [-0.2, 0) is 19.1 Å². The SMILES string of the molecule is O=COC(=O)COCCO. The highest BCUT2D eigenvalue weighted by Gasteiger charge is 1.99. The van der Waals surface area contributed by atoms with Gasteiger partial charge in [0, 0.05) is 0 Å². The van der Waals surface area contributed by atoms with Crippen molar-refractivity contribution in [3.05, 3.63) is 0 Å². The van der Waals surface area contributed by atoms with E-state index >= 15 is 0 Å². The molecule has 0 atom stereocenters. The van der Waals surface area contributed by atoms with Gasteiger partial charge in [0.2, 0.25) is 0 Å². The summed E-state index contributed by atoms with van der Waals surface area (Å²) in [4.78, 5) is 19.8. The van der Waals surface area contributed by atoms with Crippen molar-refractivity contribution < 1.29 is 24.2 Å². The zero-order chi connectivity index (χ0) is 7.82. The second-order valence-electron chi connectivity index (χ2n) is 1.36. The molecule has 0 heterocycles. The maximum Gasteiger partial charge on any atom is 0.339 e. The van der Waals surface area contributed by atoms with Crippen LogP contribution in [0.4, 0.5) is 0 Å². The average molecular weight is 148 g/mol. The Balaban J connectivity index is 3.13. The van der Waals surface area contributed by atoms with Crippen molar-refractivity contribution in [2.45, 2.75) is 0 Å². The normalized spacial score (nSPS) is 8.90. The Kier molecular flexibility index (Phi) is 5.60. The van der Waals surface area contributed by atoms with E-state index in [-0.39, 0.29) is 26.3 Å². The van der Waals surface area contributed by atoms with Crippen LogP contribution >= 0.6 is 0 Å². The topological polar surface area (TPSA) is 72.8 Å². The average Bonchev–Trinajstić information content (AvgIpc) is 1.89. The minimum absolute atomic E-state index is 0.0324. The number of aliphatic hydroxyl groups excluding tert-OH is 1. The highest BCUT2D eigenvalue weighted by atomic mass is 16.6. The molecule has 0 amide bonds. The van der Waals surface area contributed by atoms with Gasteiger partial charge in [-0.3, -0.25) is 4.79 Å². The van der Waals surface area contributed by atoms with E-state index in [1.54, 1.807) is 0 Å². The smallest absolute Gasteiger partial charge is 0.339 e. The van der Waals surface area contributed by atoms with Gasteiger partial charge in [0.25, 0.3) is 0 Å². The number of ether oxygens (including phenoxy) is 2. The molecule has 0 saturated heterocycles. The van der Waals surface area contributed by atoms with E-state index in [1.807, 2.05) is 0 Å². The molecule has 0 aromatic rings. The van der Waals surface area contributed by atoms with Crippen LogP contribution in [0.25, 0.3) is 0 Å². The minimum Gasteiger partial charge on any atom is -0.394 e. The molecule has 0 radical (unpaired) electrons. The van der Waals surface area contributed by atoms with Crippen LogP contribution in [-0.4, -0.2) is 37.4 Å². The molecule has 0 unspecified atom stereocenters. The Bertz CT molecular complexity index is 111. The maximum absolute atomic E-state index is 10.3. The summed E-state index contributed by atoms with van der Waals surface area (Å²) in [7, 11) is 0. The van der Waals surface area contributed by atoms with Gasteiger partial charge in [-0.25, -0.2) is 4.79 Å². The molecule has 0 aliphatic heterocycles. The van der Waals surface area contributed by atoms with Gasteiger partial charge in [0.1, 0.15) is 6.61 Å². The van der Waals surface area contributed by atoms with E-state index in [4.69, 9.17) is 5.11 Å². The van der Waals surface area contributed by atoms with Crippen LogP contribution < -0.4 is 0 Å². The zero-order valence-corrected chi connectivity index (χ0v) is 5.28. The highest BCUT2D eigenvalue weighted by Crippen LogP contribution is 1.77.